The van der Waals surface area contributed by atoms with Gasteiger partial charge in [-0.15, -0.1) is 5.10 Å². The third kappa shape index (κ3) is 11.4. The smallest absolute Gasteiger partial charge is 0.548 e. The van der Waals surface area contributed by atoms with Gasteiger partial charge in [-0.25, -0.2) is 9.55 Å². The summed E-state index contributed by atoms with van der Waals surface area (Å²) in [5, 5.41) is 17.0. The molecule has 0 aliphatic carbocycles. The molecule has 0 spiro atoms. The number of benzene rings is 2. The van der Waals surface area contributed by atoms with Crippen molar-refractivity contribution >= 4 is 51.7 Å². The highest BCUT2D eigenvalue weighted by Gasteiger charge is 2.45. The molecule has 352 valence electrons. The molecule has 5 heterocycles. The maximum absolute atomic E-state index is 12.7. The number of phosphoric ester groups is 3. The lowest BCUT2D eigenvalue weighted by atomic mass is 9.81. The van der Waals surface area contributed by atoms with Gasteiger partial charge in [0, 0.05) is 66.7 Å². The Hall–Kier alpha value is -3.97. The van der Waals surface area contributed by atoms with Crippen molar-refractivity contribution in [1.82, 2.24) is 20.1 Å². The summed E-state index contributed by atoms with van der Waals surface area (Å²) in [6.45, 7) is 9.28. The molecule has 6 atom stereocenters. The minimum Gasteiger partial charge on any atom is -0.756 e. The number of pyridine rings is 1. The fourth-order valence-corrected chi connectivity index (χ4v) is 10.7. The van der Waals surface area contributed by atoms with Gasteiger partial charge in [-0.1, -0.05) is 56.3 Å². The molecule has 2 aromatic carbocycles. The van der Waals surface area contributed by atoms with Crippen LogP contribution in [0.3, 0.4) is 0 Å². The van der Waals surface area contributed by atoms with E-state index in [-0.39, 0.29) is 36.1 Å². The molecule has 0 saturated carbocycles. The van der Waals surface area contributed by atoms with Crippen molar-refractivity contribution in [3.8, 4) is 0 Å². The number of hydrogen-bond acceptors (Lipinski definition) is 17. The normalized spacial score (nSPS) is 23.5. The third-order valence-corrected chi connectivity index (χ3v) is 14.3. The first-order valence-corrected chi connectivity index (χ1v) is 25.6. The molecule has 0 radical (unpaired) electrons. The van der Waals surface area contributed by atoms with Crippen LogP contribution in [0.25, 0.3) is 11.2 Å². The van der Waals surface area contributed by atoms with Crippen LogP contribution in [0.4, 0.5) is 11.4 Å². The number of para-hydroxylation sites is 2. The van der Waals surface area contributed by atoms with Crippen molar-refractivity contribution in [2.75, 3.05) is 51.0 Å². The molecule has 4 aromatic rings. The number of anilines is 1. The molecule has 3 aliphatic heterocycles. The first-order valence-electron chi connectivity index (χ1n) is 21.2. The van der Waals surface area contributed by atoms with Crippen LogP contribution in [-0.4, -0.2) is 105 Å². The second kappa shape index (κ2) is 20.1. The van der Waals surface area contributed by atoms with Crippen LogP contribution < -0.4 is 19.3 Å². The van der Waals surface area contributed by atoms with Crippen molar-refractivity contribution < 1.29 is 70.0 Å². The fourth-order valence-electron chi connectivity index (χ4n) is 8.42. The van der Waals surface area contributed by atoms with E-state index in [1.54, 1.807) is 19.1 Å². The second-order valence-electron chi connectivity index (χ2n) is 16.7. The van der Waals surface area contributed by atoms with Crippen LogP contribution in [0.1, 0.15) is 65.0 Å². The third-order valence-electron chi connectivity index (χ3n) is 11.4. The van der Waals surface area contributed by atoms with Gasteiger partial charge in [0.25, 0.3) is 15.6 Å². The van der Waals surface area contributed by atoms with Crippen molar-refractivity contribution in [3.63, 3.8) is 0 Å². The Bertz CT molecular complexity index is 2580. The van der Waals surface area contributed by atoms with Gasteiger partial charge in [0.15, 0.2) is 12.3 Å². The van der Waals surface area contributed by atoms with Gasteiger partial charge in [-0.3, -0.25) is 23.2 Å². The molecule has 1 saturated heterocycles. The zero-order valence-electron chi connectivity index (χ0n) is 36.7. The Labute approximate surface area is 376 Å². The largest absolute Gasteiger partial charge is 0.756 e. The Morgan fingerprint density at radius 2 is 1.62 bits per heavy atom. The summed E-state index contributed by atoms with van der Waals surface area (Å²) in [5.74, 6) is 0. The van der Waals surface area contributed by atoms with Crippen LogP contribution >= 0.6 is 23.5 Å². The number of rotatable bonds is 22. The SMILES string of the molecule is C[C@H]1C[C@@H](OP(=O)([O-])OCCOP(=O)([O-])OCCC[N+]2=C(/C=C/C=C3/N(CCCO)c4ccccc4C3(C)C)C(C)(C)c3ccccc32)[C@@H](COP(=O)(O)On2nnc3cccnc32)O1. The molecule has 2 N–H and O–H groups in total. The highest BCUT2D eigenvalue weighted by molar-refractivity contribution is 7.47. The number of aromatic nitrogens is 4. The van der Waals surface area contributed by atoms with E-state index in [1.807, 2.05) is 30.3 Å². The topological polar surface area (TPSA) is 252 Å². The number of nitrogens with zero attached hydrogens (tertiary/aromatic N) is 6. The van der Waals surface area contributed by atoms with Crippen molar-refractivity contribution in [2.24, 2.45) is 0 Å². The maximum Gasteiger partial charge on any atom is 0.548 e. The lowest BCUT2D eigenvalue weighted by Crippen LogP contribution is -2.30. The molecule has 1 fully saturated rings. The number of phosphoric acid groups is 3. The monoisotopic (exact) mass is 959 g/mol. The van der Waals surface area contributed by atoms with Crippen LogP contribution in [0.2, 0.25) is 0 Å². The van der Waals surface area contributed by atoms with Gasteiger partial charge in [0.1, 0.15) is 11.6 Å². The first kappa shape index (κ1) is 48.9. The van der Waals surface area contributed by atoms with E-state index in [9.17, 15) is 33.5 Å². The average Bonchev–Trinajstić information content (AvgIpc) is 3.94. The highest BCUT2D eigenvalue weighted by atomic mass is 31.2. The molecule has 3 aliphatic rings. The van der Waals surface area contributed by atoms with Gasteiger partial charge >= 0.3 is 7.82 Å². The molecule has 0 amide bonds. The molecule has 2 aromatic heterocycles. The van der Waals surface area contributed by atoms with Crippen molar-refractivity contribution in [3.05, 3.63) is 102 Å². The van der Waals surface area contributed by atoms with E-state index in [0.29, 0.717) is 36.3 Å². The molecule has 23 heteroatoms. The quantitative estimate of drug-likeness (QED) is 0.0597. The lowest BCUT2D eigenvalue weighted by molar-refractivity contribution is -0.438. The Morgan fingerprint density at radius 1 is 0.908 bits per heavy atom. The number of ether oxygens (including phenoxy) is 1. The average molecular weight is 960 g/mol. The van der Waals surface area contributed by atoms with Gasteiger partial charge in [-0.2, -0.15) is 4.58 Å². The maximum atomic E-state index is 12.7. The Balaban J connectivity index is 0.900. The van der Waals surface area contributed by atoms with Gasteiger partial charge in [0.2, 0.25) is 11.3 Å². The van der Waals surface area contributed by atoms with Crippen molar-refractivity contribution in [2.45, 2.75) is 83.0 Å². The number of fused-ring (bicyclic) bond motifs is 3. The summed E-state index contributed by atoms with van der Waals surface area (Å²) in [6, 6.07) is 19.5. The van der Waals surface area contributed by atoms with Crippen LogP contribution in [0, 0.1) is 0 Å². The number of aliphatic hydroxyl groups is 1. The molecule has 0 bridgehead atoms. The summed E-state index contributed by atoms with van der Waals surface area (Å²) < 4.78 is 75.9. The summed E-state index contributed by atoms with van der Waals surface area (Å²) >= 11 is 0. The van der Waals surface area contributed by atoms with E-state index < -0.39 is 61.6 Å². The molecule has 3 unspecified atom stereocenters. The number of allylic oxidation sites excluding steroid dienone is 4. The minimum absolute atomic E-state index is 0.0595. The fraction of sp³-hybridized carbons (Fsp3) is 0.476. The van der Waals surface area contributed by atoms with E-state index >= 15 is 0 Å². The number of aliphatic hydroxyl groups excluding tert-OH is 1. The predicted molar refractivity (Wildman–Crippen MR) is 234 cm³/mol. The first-order chi connectivity index (χ1) is 30.8. The van der Waals surface area contributed by atoms with Gasteiger partial charge in [-0.05, 0) is 67.1 Å². The van der Waals surface area contributed by atoms with Crippen LogP contribution in [0.5, 0.6) is 0 Å². The summed E-state index contributed by atoms with van der Waals surface area (Å²) in [5.41, 5.74) is 6.33. The molecule has 20 nitrogen and oxygen atoms in total. The van der Waals surface area contributed by atoms with E-state index in [0.717, 1.165) is 28.3 Å². The van der Waals surface area contributed by atoms with Crippen molar-refractivity contribution in [1.29, 1.82) is 0 Å². The van der Waals surface area contributed by atoms with Crippen LogP contribution in [-0.2, 0) is 51.9 Å². The van der Waals surface area contributed by atoms with Gasteiger partial charge in [0.05, 0.1) is 44.1 Å². The molecule has 65 heavy (non-hydrogen) atoms. The Morgan fingerprint density at radius 3 is 2.38 bits per heavy atom. The Kier molecular flexibility index (Phi) is 15.1. The van der Waals surface area contributed by atoms with Gasteiger partial charge < -0.3 is 42.6 Å². The molecular weight excluding hydrogens is 905 g/mol. The minimum atomic E-state index is -5.07. The number of hydrogen-bond donors (Lipinski definition) is 2. The van der Waals surface area contributed by atoms with E-state index in [4.69, 9.17) is 32.0 Å². The summed E-state index contributed by atoms with van der Waals surface area (Å²) in [7, 11) is -14.8. The summed E-state index contributed by atoms with van der Waals surface area (Å²) in [6.07, 6.45) is 5.84. The standard InChI is InChI=1S/C42H55N6O14P3/c1-30-28-36(37(60-30)29-59-65(54,55)62-48-40-33(44-45-48)16-11-21-43-40)61-64(52,53)58-27-26-57-63(50,51)56-25-13-23-47-35-18-9-7-15-32(35)42(4,5)39(47)20-10-19-38-41(2,3)31-14-6-8-17-34(31)46(38)22-12-24-49/h6-11,14-21,30,36-37,49H,12-13,22-29H2,1-5H3,(H2-,50,51,52,53,54,55)/p-1/t30-,36+,37+/m0/s1. The zero-order chi connectivity index (χ0) is 46.6. The van der Waals surface area contributed by atoms with E-state index in [2.05, 4.69) is 88.9 Å². The zero-order valence-corrected chi connectivity index (χ0v) is 39.4. The predicted octanol–water partition coefficient (Wildman–Crippen LogP) is 5.01. The van der Waals surface area contributed by atoms with E-state index in [1.165, 1.54) is 11.8 Å². The molecular formula is C42H54N6O14P3-. The second-order valence-corrected chi connectivity index (χ2v) is 20.9. The highest BCUT2D eigenvalue weighted by Crippen LogP contribution is 2.49. The molecule has 7 rings (SSSR count). The summed E-state index contributed by atoms with van der Waals surface area (Å²) in [4.78, 5) is 42.6. The lowest BCUT2D eigenvalue weighted by Gasteiger charge is -2.29. The van der Waals surface area contributed by atoms with Crippen LogP contribution in [0.15, 0.2) is 90.8 Å².